The zero-order valence-corrected chi connectivity index (χ0v) is 31.8. The lowest BCUT2D eigenvalue weighted by molar-refractivity contribution is -0.118. The highest BCUT2D eigenvalue weighted by Crippen LogP contribution is 2.43. The molecule has 0 fully saturated rings. The van der Waals surface area contributed by atoms with E-state index in [1.54, 1.807) is 60.1 Å². The van der Waals surface area contributed by atoms with Gasteiger partial charge in [-0.05, 0) is 43.7 Å². The number of aryl methyl sites for hydroxylation is 1. The molecule has 14 heteroatoms. The number of carbonyl (C=O) groups is 1. The van der Waals surface area contributed by atoms with Gasteiger partial charge >= 0.3 is 0 Å². The molecule has 2 N–H and O–H groups in total. The molecule has 0 aliphatic carbocycles. The summed E-state index contributed by atoms with van der Waals surface area (Å²) in [6.45, 7) is 4.29. The first kappa shape index (κ1) is 37.5. The highest BCUT2D eigenvalue weighted by Gasteiger charge is 2.21. The van der Waals surface area contributed by atoms with Crippen molar-refractivity contribution in [1.29, 1.82) is 0 Å². The Morgan fingerprint density at radius 3 is 2.31 bits per heavy atom. The van der Waals surface area contributed by atoms with Crippen molar-refractivity contribution in [2.45, 2.75) is 39.7 Å². The van der Waals surface area contributed by atoms with Gasteiger partial charge in [-0.2, -0.15) is 4.98 Å². The Labute approximate surface area is 317 Å². The predicted molar refractivity (Wildman–Crippen MR) is 205 cm³/mol. The molecule has 0 amide bonds. The van der Waals surface area contributed by atoms with Crippen LogP contribution in [0.5, 0.6) is 28.7 Å². The monoisotopic (exact) mass is 750 g/mol. The minimum atomic E-state index is -0.0126. The molecule has 0 aliphatic rings. The molecule has 0 saturated heterocycles. The summed E-state index contributed by atoms with van der Waals surface area (Å²) in [5, 5.41) is 4.83. The van der Waals surface area contributed by atoms with Crippen molar-refractivity contribution in [3.63, 3.8) is 0 Å². The summed E-state index contributed by atoms with van der Waals surface area (Å²) >= 11 is 6.56. The molecule has 0 spiro atoms. The summed E-state index contributed by atoms with van der Waals surface area (Å²) in [5.74, 6) is 9.60. The van der Waals surface area contributed by atoms with Crippen molar-refractivity contribution in [3.05, 3.63) is 82.0 Å². The van der Waals surface area contributed by atoms with E-state index in [0.29, 0.717) is 75.0 Å². The minimum Gasteiger partial charge on any atom is -0.496 e. The topological polar surface area (TPSA) is 159 Å². The first-order valence-electron chi connectivity index (χ1n) is 16.8. The summed E-state index contributed by atoms with van der Waals surface area (Å²) < 4.78 is 35.3. The van der Waals surface area contributed by atoms with Crippen LogP contribution < -0.4 is 29.4 Å². The van der Waals surface area contributed by atoms with Crippen LogP contribution in [0, 0.1) is 25.7 Å². The maximum atomic E-state index is 13.3. The van der Waals surface area contributed by atoms with E-state index in [4.69, 9.17) is 45.5 Å². The van der Waals surface area contributed by atoms with Gasteiger partial charge in [0.05, 0.1) is 64.9 Å². The lowest BCUT2D eigenvalue weighted by atomic mass is 9.97. The third kappa shape index (κ3) is 7.47. The zero-order valence-electron chi connectivity index (χ0n) is 31.0. The van der Waals surface area contributed by atoms with Crippen molar-refractivity contribution in [1.82, 2.24) is 24.7 Å². The number of benzene rings is 2. The van der Waals surface area contributed by atoms with Crippen LogP contribution >= 0.6 is 11.6 Å². The van der Waals surface area contributed by atoms with Crippen LogP contribution in [0.15, 0.2) is 53.4 Å². The van der Waals surface area contributed by atoms with Crippen molar-refractivity contribution < 1.29 is 33.0 Å². The lowest BCUT2D eigenvalue weighted by Crippen LogP contribution is -2.07. The fourth-order valence-electron chi connectivity index (χ4n) is 6.38. The molecule has 6 rings (SSSR count). The molecule has 0 bridgehead atoms. The number of ketones is 1. The number of carbonyl (C=O) groups excluding carboxylic acids is 1. The number of ether oxygens (including phenoxy) is 5. The van der Waals surface area contributed by atoms with Crippen molar-refractivity contribution in [2.24, 2.45) is 0 Å². The van der Waals surface area contributed by atoms with Gasteiger partial charge in [0.15, 0.2) is 17.3 Å². The third-order valence-corrected chi connectivity index (χ3v) is 9.26. The van der Waals surface area contributed by atoms with Gasteiger partial charge in [-0.1, -0.05) is 34.7 Å². The summed E-state index contributed by atoms with van der Waals surface area (Å²) in [4.78, 5) is 26.6. The Hall–Kier alpha value is -6.26. The number of anilines is 1. The number of pyridine rings is 1. The number of nitrogens with zero attached hydrogens (tertiary/aromatic N) is 5. The number of methoxy groups -OCH3 is 5. The molecule has 54 heavy (non-hydrogen) atoms. The first-order valence-corrected chi connectivity index (χ1v) is 17.2. The van der Waals surface area contributed by atoms with Crippen LogP contribution in [0.3, 0.4) is 0 Å². The second-order valence-electron chi connectivity index (χ2n) is 12.3. The van der Waals surface area contributed by atoms with E-state index in [-0.39, 0.29) is 29.7 Å². The fourth-order valence-corrected chi connectivity index (χ4v) is 6.65. The Kier molecular flexibility index (Phi) is 11.2. The van der Waals surface area contributed by atoms with Gasteiger partial charge in [0.25, 0.3) is 0 Å². The average Bonchev–Trinajstić information content (AvgIpc) is 3.79. The summed E-state index contributed by atoms with van der Waals surface area (Å²) in [6, 6.07) is 9.18. The molecule has 6 aromatic rings. The molecule has 0 saturated carbocycles. The Morgan fingerprint density at radius 1 is 0.907 bits per heavy atom. The maximum Gasteiger partial charge on any atom is 0.223 e. The molecule has 13 nitrogen and oxygen atoms in total. The van der Waals surface area contributed by atoms with Gasteiger partial charge in [0.2, 0.25) is 11.7 Å². The molecule has 2 aromatic carbocycles. The van der Waals surface area contributed by atoms with E-state index in [2.05, 4.69) is 31.9 Å². The molecule has 0 unspecified atom stereocenters. The molecular weight excluding hydrogens is 712 g/mol. The standard InChI is InChI=1S/C40H39ClN6O7/c1-22-18-43-30(23(2)35(22)52-6)21-47-20-25(34-38(41)45-40(42)46-39(34)47)10-8-9-11-28(48)15-26-14-24(12-13-31(26)49-3)29-19-44-54-36(29)27-16-32(50-4)37(53-7)33(17-27)51-5/h12-14,16-20H,9,11,15,21H2,1-7H3,(H2,42,45,46). The van der Waals surface area contributed by atoms with E-state index in [1.165, 1.54) is 0 Å². The Morgan fingerprint density at radius 2 is 1.63 bits per heavy atom. The Balaban J connectivity index is 1.21. The molecule has 278 valence electrons. The average molecular weight is 751 g/mol. The molecule has 4 aromatic heterocycles. The molecular formula is C40H39ClN6O7. The van der Waals surface area contributed by atoms with E-state index >= 15 is 0 Å². The number of hydrogen-bond donors (Lipinski definition) is 1. The number of fused-ring (bicyclic) bond motifs is 1. The van der Waals surface area contributed by atoms with Crippen LogP contribution in [-0.2, 0) is 17.8 Å². The lowest BCUT2D eigenvalue weighted by Gasteiger charge is -2.14. The molecule has 0 radical (unpaired) electrons. The van der Waals surface area contributed by atoms with Crippen molar-refractivity contribution in [3.8, 4) is 63.0 Å². The third-order valence-electron chi connectivity index (χ3n) is 8.99. The first-order chi connectivity index (χ1) is 26.1. The molecule has 4 heterocycles. The molecule has 0 aliphatic heterocycles. The number of halogens is 1. The summed E-state index contributed by atoms with van der Waals surface area (Å²) in [6.07, 6.45) is 5.91. The van der Waals surface area contributed by atoms with Gasteiger partial charge in [0.1, 0.15) is 28.1 Å². The minimum absolute atomic E-state index is 0.0126. The normalized spacial score (nSPS) is 10.9. The maximum absolute atomic E-state index is 13.3. The van der Waals surface area contributed by atoms with Gasteiger partial charge in [-0.25, -0.2) is 4.98 Å². The quantitative estimate of drug-likeness (QED) is 0.0950. The Bertz CT molecular complexity index is 2400. The number of nitrogen functional groups attached to an aromatic ring is 1. The zero-order chi connectivity index (χ0) is 38.5. The van der Waals surface area contributed by atoms with Gasteiger partial charge < -0.3 is 38.5 Å². The second-order valence-corrected chi connectivity index (χ2v) is 12.7. The van der Waals surface area contributed by atoms with Gasteiger partial charge in [-0.15, -0.1) is 0 Å². The van der Waals surface area contributed by atoms with E-state index in [0.717, 1.165) is 28.1 Å². The summed E-state index contributed by atoms with van der Waals surface area (Å²) in [7, 11) is 7.84. The van der Waals surface area contributed by atoms with Gasteiger partial charge in [0, 0.05) is 59.5 Å². The SMILES string of the molecule is COc1ccc(-c2cnoc2-c2cc(OC)c(OC)c(OC)c2)cc1CC(=O)CCC#Cc1cn(Cc2ncc(C)c(OC)c2C)c2nc(N)nc(Cl)c12. The van der Waals surface area contributed by atoms with E-state index < -0.39 is 0 Å². The van der Waals surface area contributed by atoms with Crippen molar-refractivity contribution >= 4 is 34.4 Å². The fraction of sp³-hybridized carbons (Fsp3) is 0.275. The van der Waals surface area contributed by atoms with Crippen LogP contribution in [0.4, 0.5) is 5.95 Å². The van der Waals surface area contributed by atoms with E-state index in [1.807, 2.05) is 42.8 Å². The van der Waals surface area contributed by atoms with Crippen LogP contribution in [-0.4, -0.2) is 66.0 Å². The predicted octanol–water partition coefficient (Wildman–Crippen LogP) is 7.04. The number of rotatable bonds is 13. The van der Waals surface area contributed by atoms with Crippen LogP contribution in [0.1, 0.15) is 40.8 Å². The number of hydrogen-bond acceptors (Lipinski definition) is 12. The largest absolute Gasteiger partial charge is 0.496 e. The summed E-state index contributed by atoms with van der Waals surface area (Å²) in [5.41, 5.74) is 12.7. The highest BCUT2D eigenvalue weighted by molar-refractivity contribution is 6.34. The second kappa shape index (κ2) is 16.2. The van der Waals surface area contributed by atoms with Crippen LogP contribution in [0.2, 0.25) is 5.15 Å². The van der Waals surface area contributed by atoms with Crippen molar-refractivity contribution in [2.75, 3.05) is 41.3 Å². The van der Waals surface area contributed by atoms with Crippen LogP contribution in [0.25, 0.3) is 33.5 Å². The number of Topliss-reactive ketones (excluding diaryl/α,β-unsaturated/α-hetero) is 1. The molecule has 0 atom stereocenters. The smallest absolute Gasteiger partial charge is 0.223 e. The van der Waals surface area contributed by atoms with Gasteiger partial charge in [-0.3, -0.25) is 9.78 Å². The highest BCUT2D eigenvalue weighted by atomic mass is 35.5. The number of aromatic nitrogens is 5. The van der Waals surface area contributed by atoms with E-state index in [9.17, 15) is 4.79 Å². The number of nitrogens with two attached hydrogens (primary N) is 1.